The third kappa shape index (κ3) is 1.43. The molecule has 18 heavy (non-hydrogen) atoms. The van der Waals surface area contributed by atoms with Gasteiger partial charge in [0.25, 0.3) is 0 Å². The van der Waals surface area contributed by atoms with E-state index in [0.29, 0.717) is 21.9 Å². The Morgan fingerprint density at radius 2 is 2.11 bits per heavy atom. The predicted octanol–water partition coefficient (Wildman–Crippen LogP) is 0.761. The first-order chi connectivity index (χ1) is 8.81. The van der Waals surface area contributed by atoms with Crippen molar-refractivity contribution in [3.8, 4) is 0 Å². The molecule has 6 heteroatoms. The van der Waals surface area contributed by atoms with Crippen molar-refractivity contribution in [2.45, 2.75) is 0 Å². The molecule has 0 atom stereocenters. The summed E-state index contributed by atoms with van der Waals surface area (Å²) in [4.78, 5) is 23.3. The van der Waals surface area contributed by atoms with Crippen LogP contribution in [0.2, 0.25) is 0 Å². The van der Waals surface area contributed by atoms with Crippen molar-refractivity contribution in [3.05, 3.63) is 52.4 Å². The Morgan fingerprint density at radius 1 is 1.22 bits per heavy atom. The first kappa shape index (κ1) is 10.4. The molecule has 88 valence electrons. The van der Waals surface area contributed by atoms with Crippen molar-refractivity contribution in [2.75, 3.05) is 0 Å². The first-order valence-electron chi connectivity index (χ1n) is 5.24. The van der Waals surface area contributed by atoms with E-state index in [4.69, 9.17) is 5.21 Å². The van der Waals surface area contributed by atoms with Crippen LogP contribution in [0.3, 0.4) is 0 Å². The van der Waals surface area contributed by atoms with Gasteiger partial charge in [-0.3, -0.25) is 9.78 Å². The van der Waals surface area contributed by atoms with Crippen molar-refractivity contribution in [2.24, 2.45) is 5.16 Å². The highest BCUT2D eigenvalue weighted by Gasteiger charge is 2.05. The minimum Gasteiger partial charge on any atom is -0.410 e. The lowest BCUT2D eigenvalue weighted by Crippen LogP contribution is -2.23. The Morgan fingerprint density at radius 3 is 2.94 bits per heavy atom. The number of H-pyrrole nitrogens is 1. The van der Waals surface area contributed by atoms with Crippen molar-refractivity contribution < 1.29 is 5.21 Å². The minimum atomic E-state index is -0.389. The molecular weight excluding hydrogens is 232 g/mol. The Labute approximate surface area is 100 Å². The first-order valence-corrected chi connectivity index (χ1v) is 5.24. The molecule has 3 aromatic heterocycles. The number of fused-ring (bicyclic) bond motifs is 2. The van der Waals surface area contributed by atoms with Crippen LogP contribution in [-0.4, -0.2) is 20.2 Å². The van der Waals surface area contributed by atoms with Crippen molar-refractivity contribution >= 4 is 21.9 Å². The van der Waals surface area contributed by atoms with E-state index in [1.165, 1.54) is 6.20 Å². The summed E-state index contributed by atoms with van der Waals surface area (Å²) < 4.78 is 0. The molecule has 0 aliphatic carbocycles. The molecule has 0 saturated heterocycles. The Bertz CT molecular complexity index is 870. The minimum absolute atomic E-state index is 0.0441. The van der Waals surface area contributed by atoms with Crippen LogP contribution in [-0.2, 0) is 0 Å². The summed E-state index contributed by atoms with van der Waals surface area (Å²) in [5.74, 6) is 0. The number of nitrogens with zero attached hydrogens (tertiary/aromatic N) is 3. The molecule has 0 aromatic carbocycles. The molecule has 0 spiro atoms. The van der Waals surface area contributed by atoms with Crippen LogP contribution in [0, 0.1) is 0 Å². The number of nitrogens with one attached hydrogen (secondary N) is 1. The van der Waals surface area contributed by atoms with E-state index in [-0.39, 0.29) is 10.8 Å². The van der Waals surface area contributed by atoms with E-state index < -0.39 is 0 Å². The molecule has 0 bridgehead atoms. The summed E-state index contributed by atoms with van der Waals surface area (Å²) in [6.07, 6.45) is 4.64. The molecule has 3 heterocycles. The quantitative estimate of drug-likeness (QED) is 0.448. The molecule has 3 rings (SSSR count). The van der Waals surface area contributed by atoms with E-state index in [0.717, 1.165) is 0 Å². The number of hydrogen-bond acceptors (Lipinski definition) is 5. The smallest absolute Gasteiger partial charge is 0.219 e. The van der Waals surface area contributed by atoms with E-state index in [1.807, 2.05) is 0 Å². The van der Waals surface area contributed by atoms with E-state index in [9.17, 15) is 4.79 Å². The lowest BCUT2D eigenvalue weighted by atomic mass is 10.2. The van der Waals surface area contributed by atoms with Crippen LogP contribution in [0.4, 0.5) is 0 Å². The highest BCUT2D eigenvalue weighted by Crippen LogP contribution is 2.06. The molecule has 3 aromatic rings. The second kappa shape index (κ2) is 3.92. The lowest BCUT2D eigenvalue weighted by molar-refractivity contribution is 0.302. The van der Waals surface area contributed by atoms with Gasteiger partial charge < -0.3 is 10.2 Å². The number of aromatic amines is 1. The fourth-order valence-electron chi connectivity index (χ4n) is 1.86. The van der Waals surface area contributed by atoms with E-state index in [2.05, 4.69) is 20.1 Å². The zero-order chi connectivity index (χ0) is 12.5. The maximum absolute atomic E-state index is 12.2. The van der Waals surface area contributed by atoms with Crippen LogP contribution in [0.25, 0.3) is 21.9 Å². The van der Waals surface area contributed by atoms with Crippen LogP contribution in [0.5, 0.6) is 0 Å². The summed E-state index contributed by atoms with van der Waals surface area (Å²) in [7, 11) is 0. The highest BCUT2D eigenvalue weighted by molar-refractivity contribution is 5.84. The fraction of sp³-hybridized carbons (Fsp3) is 0. The molecule has 0 aliphatic heterocycles. The van der Waals surface area contributed by atoms with Gasteiger partial charge in [0.15, 0.2) is 5.36 Å². The largest absolute Gasteiger partial charge is 0.410 e. The summed E-state index contributed by atoms with van der Waals surface area (Å²) in [5.41, 5.74) is 0.678. The monoisotopic (exact) mass is 240 g/mol. The number of hydrogen-bond donors (Lipinski definition) is 2. The standard InChI is InChI=1S/C12H8N4O2/c17-11-7-2-1-4-14-12(7)15-9-3-5-13-6-8(9)10(11)16-18/h1-6,18H,(H,14,15)/b16-10+. The van der Waals surface area contributed by atoms with Gasteiger partial charge in [0, 0.05) is 24.0 Å². The topological polar surface area (TPSA) is 91.2 Å². The van der Waals surface area contributed by atoms with Gasteiger partial charge in [0.05, 0.1) is 10.9 Å². The highest BCUT2D eigenvalue weighted by atomic mass is 16.4. The van der Waals surface area contributed by atoms with Gasteiger partial charge in [0.2, 0.25) is 5.43 Å². The van der Waals surface area contributed by atoms with Gasteiger partial charge >= 0.3 is 0 Å². The van der Waals surface area contributed by atoms with Gasteiger partial charge in [-0.25, -0.2) is 4.98 Å². The average Bonchev–Trinajstić information content (AvgIpc) is 2.53. The van der Waals surface area contributed by atoms with Gasteiger partial charge in [0.1, 0.15) is 5.65 Å². The fourth-order valence-corrected chi connectivity index (χ4v) is 1.86. The Hall–Kier alpha value is -2.76. The Kier molecular flexibility index (Phi) is 2.26. The summed E-state index contributed by atoms with van der Waals surface area (Å²) in [6, 6.07) is 4.97. The third-order valence-electron chi connectivity index (χ3n) is 2.70. The molecule has 2 N–H and O–H groups in total. The summed E-state index contributed by atoms with van der Waals surface area (Å²) >= 11 is 0. The van der Waals surface area contributed by atoms with E-state index in [1.54, 1.807) is 30.6 Å². The molecular formula is C12H8N4O2. The number of pyridine rings is 2. The maximum atomic E-state index is 12.2. The molecule has 0 fully saturated rings. The second-order valence-corrected chi connectivity index (χ2v) is 3.72. The molecule has 0 radical (unpaired) electrons. The molecule has 6 nitrogen and oxygen atoms in total. The van der Waals surface area contributed by atoms with Crippen molar-refractivity contribution in [1.29, 1.82) is 0 Å². The van der Waals surface area contributed by atoms with Crippen LogP contribution in [0.15, 0.2) is 46.7 Å². The van der Waals surface area contributed by atoms with Crippen molar-refractivity contribution in [3.63, 3.8) is 0 Å². The van der Waals surface area contributed by atoms with Gasteiger partial charge in [-0.05, 0) is 18.2 Å². The normalized spacial score (nSPS) is 12.1. The Balaban J connectivity index is 2.79. The second-order valence-electron chi connectivity index (χ2n) is 3.72. The van der Waals surface area contributed by atoms with E-state index >= 15 is 0 Å². The predicted molar refractivity (Wildman–Crippen MR) is 65.0 cm³/mol. The van der Waals surface area contributed by atoms with Gasteiger partial charge in [-0.15, -0.1) is 0 Å². The van der Waals surface area contributed by atoms with Crippen LogP contribution >= 0.6 is 0 Å². The van der Waals surface area contributed by atoms with Gasteiger partial charge in [-0.1, -0.05) is 5.16 Å². The van der Waals surface area contributed by atoms with Crippen LogP contribution in [0.1, 0.15) is 0 Å². The molecule has 0 amide bonds. The number of aromatic nitrogens is 3. The maximum Gasteiger partial charge on any atom is 0.219 e. The summed E-state index contributed by atoms with van der Waals surface area (Å²) in [5, 5.41) is 12.9. The van der Waals surface area contributed by atoms with Crippen molar-refractivity contribution in [1.82, 2.24) is 15.0 Å². The number of rotatable bonds is 0. The zero-order valence-corrected chi connectivity index (χ0v) is 9.16. The molecule has 0 aliphatic rings. The summed E-state index contributed by atoms with van der Waals surface area (Å²) in [6.45, 7) is 0. The van der Waals surface area contributed by atoms with Crippen LogP contribution < -0.4 is 10.8 Å². The zero-order valence-electron chi connectivity index (χ0n) is 9.16. The average molecular weight is 240 g/mol. The molecule has 0 unspecified atom stereocenters. The molecule has 0 saturated carbocycles. The third-order valence-corrected chi connectivity index (χ3v) is 2.70. The SMILES string of the molecule is O=c1/c(=N/O)c2cnccc2[nH]c2ncccc12. The lowest BCUT2D eigenvalue weighted by Gasteiger charge is -1.91. The van der Waals surface area contributed by atoms with Gasteiger partial charge in [-0.2, -0.15) is 0 Å².